The number of nitrogens with two attached hydrogens (primary N) is 1. The van der Waals surface area contributed by atoms with Crippen LogP contribution in [0.4, 0.5) is 10.5 Å². The van der Waals surface area contributed by atoms with Crippen LogP contribution in [0.3, 0.4) is 0 Å². The van der Waals surface area contributed by atoms with Crippen LogP contribution in [0, 0.1) is 13.8 Å². The molecule has 0 bridgehead atoms. The fourth-order valence-electron chi connectivity index (χ4n) is 2.60. The molecule has 0 aliphatic carbocycles. The van der Waals surface area contributed by atoms with E-state index >= 15 is 0 Å². The SMILES string of the molecule is COCC[C@@H](NC(=O)Nc1cccc(Cn2nc(C)cc2C)c1)C(N)=O. The van der Waals surface area contributed by atoms with Crippen molar-refractivity contribution in [3.05, 3.63) is 47.3 Å². The van der Waals surface area contributed by atoms with Crippen molar-refractivity contribution < 1.29 is 14.3 Å². The second-order valence-corrected chi connectivity index (χ2v) is 6.12. The van der Waals surface area contributed by atoms with Crippen LogP contribution in [0.5, 0.6) is 0 Å². The highest BCUT2D eigenvalue weighted by atomic mass is 16.5. The van der Waals surface area contributed by atoms with Gasteiger partial charge in [-0.05, 0) is 44.0 Å². The van der Waals surface area contributed by atoms with Gasteiger partial charge in [-0.3, -0.25) is 9.48 Å². The number of nitrogens with one attached hydrogen (secondary N) is 2. The molecule has 1 atom stereocenters. The van der Waals surface area contributed by atoms with Gasteiger partial charge in [-0.25, -0.2) is 4.79 Å². The third kappa shape index (κ3) is 5.59. The first-order valence-corrected chi connectivity index (χ1v) is 8.35. The highest BCUT2D eigenvalue weighted by Gasteiger charge is 2.17. The Bertz CT molecular complexity index is 772. The number of hydrogen-bond acceptors (Lipinski definition) is 4. The van der Waals surface area contributed by atoms with Gasteiger partial charge in [0.15, 0.2) is 0 Å². The van der Waals surface area contributed by atoms with E-state index < -0.39 is 18.0 Å². The lowest BCUT2D eigenvalue weighted by atomic mass is 10.2. The quantitative estimate of drug-likeness (QED) is 0.664. The van der Waals surface area contributed by atoms with E-state index in [9.17, 15) is 9.59 Å². The van der Waals surface area contributed by atoms with Gasteiger partial charge >= 0.3 is 6.03 Å². The summed E-state index contributed by atoms with van der Waals surface area (Å²) in [6.45, 7) is 4.88. The summed E-state index contributed by atoms with van der Waals surface area (Å²) in [6.07, 6.45) is 0.317. The van der Waals surface area contributed by atoms with E-state index in [4.69, 9.17) is 10.5 Å². The number of primary amides is 1. The number of anilines is 1. The van der Waals surface area contributed by atoms with Crippen molar-refractivity contribution in [2.75, 3.05) is 19.0 Å². The molecule has 1 aromatic carbocycles. The fourth-order valence-corrected chi connectivity index (χ4v) is 2.60. The van der Waals surface area contributed by atoms with E-state index in [1.54, 1.807) is 6.07 Å². The highest BCUT2D eigenvalue weighted by Crippen LogP contribution is 2.13. The lowest BCUT2D eigenvalue weighted by molar-refractivity contribution is -0.120. The standard InChI is InChI=1S/C18H25N5O3/c1-12-9-13(2)23(22-12)11-14-5-4-6-15(10-14)20-18(25)21-16(17(19)24)7-8-26-3/h4-6,9-10,16H,7-8,11H2,1-3H3,(H2,19,24)(H2,20,21,25)/t16-/m1/s1. The Kier molecular flexibility index (Phi) is 6.74. The van der Waals surface area contributed by atoms with Gasteiger partial charge in [0.2, 0.25) is 5.91 Å². The van der Waals surface area contributed by atoms with E-state index in [-0.39, 0.29) is 0 Å². The average molecular weight is 359 g/mol. The van der Waals surface area contributed by atoms with Gasteiger partial charge in [0.1, 0.15) is 6.04 Å². The molecule has 140 valence electrons. The summed E-state index contributed by atoms with van der Waals surface area (Å²) in [5.74, 6) is -0.601. The molecule has 0 fully saturated rings. The van der Waals surface area contributed by atoms with Crippen LogP contribution in [-0.4, -0.2) is 41.5 Å². The van der Waals surface area contributed by atoms with Gasteiger partial charge in [0, 0.05) is 25.1 Å². The van der Waals surface area contributed by atoms with Crippen LogP contribution in [0.2, 0.25) is 0 Å². The molecule has 3 amide bonds. The number of nitrogens with zero attached hydrogens (tertiary/aromatic N) is 2. The number of aryl methyl sites for hydroxylation is 2. The minimum atomic E-state index is -0.784. The number of carbonyl (C=O) groups is 2. The van der Waals surface area contributed by atoms with Gasteiger partial charge in [-0.1, -0.05) is 12.1 Å². The molecule has 8 nitrogen and oxygen atoms in total. The molecule has 0 radical (unpaired) electrons. The molecule has 1 heterocycles. The zero-order valence-corrected chi connectivity index (χ0v) is 15.3. The van der Waals surface area contributed by atoms with Crippen LogP contribution < -0.4 is 16.4 Å². The molecule has 26 heavy (non-hydrogen) atoms. The maximum atomic E-state index is 12.1. The molecule has 0 spiro atoms. The first-order chi connectivity index (χ1) is 12.4. The highest BCUT2D eigenvalue weighted by molar-refractivity contribution is 5.93. The van der Waals surface area contributed by atoms with E-state index in [0.29, 0.717) is 25.3 Å². The molecule has 2 rings (SSSR count). The Hall–Kier alpha value is -2.87. The van der Waals surface area contributed by atoms with Crippen molar-refractivity contribution in [1.29, 1.82) is 0 Å². The summed E-state index contributed by atoms with van der Waals surface area (Å²) in [5, 5.41) is 9.72. The first kappa shape index (κ1) is 19.5. The number of methoxy groups -OCH3 is 1. The summed E-state index contributed by atoms with van der Waals surface area (Å²) in [5.41, 5.74) is 8.95. The minimum Gasteiger partial charge on any atom is -0.385 e. The fraction of sp³-hybridized carbons (Fsp3) is 0.389. The van der Waals surface area contributed by atoms with E-state index in [2.05, 4.69) is 15.7 Å². The molecule has 2 aromatic rings. The zero-order valence-electron chi connectivity index (χ0n) is 15.3. The molecule has 0 saturated carbocycles. The summed E-state index contributed by atoms with van der Waals surface area (Å²) < 4.78 is 6.82. The Labute approximate surface area is 152 Å². The minimum absolute atomic E-state index is 0.317. The summed E-state index contributed by atoms with van der Waals surface area (Å²) in [6, 6.07) is 8.20. The number of aromatic nitrogens is 2. The third-order valence-electron chi connectivity index (χ3n) is 3.88. The predicted octanol–water partition coefficient (Wildman–Crippen LogP) is 1.56. The van der Waals surface area contributed by atoms with Crippen LogP contribution in [0.1, 0.15) is 23.4 Å². The van der Waals surface area contributed by atoms with Crippen LogP contribution in [0.25, 0.3) is 0 Å². The zero-order chi connectivity index (χ0) is 19.1. The number of hydrogen-bond donors (Lipinski definition) is 3. The maximum absolute atomic E-state index is 12.1. The number of ether oxygens (including phenoxy) is 1. The van der Waals surface area contributed by atoms with Crippen LogP contribution >= 0.6 is 0 Å². The normalized spacial score (nSPS) is 11.8. The second-order valence-electron chi connectivity index (χ2n) is 6.12. The van der Waals surface area contributed by atoms with Gasteiger partial charge < -0.3 is 21.1 Å². The number of carbonyl (C=O) groups excluding carboxylic acids is 2. The topological polar surface area (TPSA) is 111 Å². The van der Waals surface area contributed by atoms with Gasteiger partial charge in [-0.15, -0.1) is 0 Å². The Balaban J connectivity index is 1.99. The lowest BCUT2D eigenvalue weighted by Gasteiger charge is -2.16. The number of benzene rings is 1. The predicted molar refractivity (Wildman–Crippen MR) is 98.9 cm³/mol. The van der Waals surface area contributed by atoms with Crippen molar-refractivity contribution in [2.24, 2.45) is 5.73 Å². The monoisotopic (exact) mass is 359 g/mol. The van der Waals surface area contributed by atoms with Crippen LogP contribution in [-0.2, 0) is 16.1 Å². The average Bonchev–Trinajstić information content (AvgIpc) is 2.88. The molecular weight excluding hydrogens is 334 g/mol. The Morgan fingerprint density at radius 2 is 2.08 bits per heavy atom. The van der Waals surface area contributed by atoms with Gasteiger partial charge in [0.05, 0.1) is 12.2 Å². The molecule has 0 saturated heterocycles. The van der Waals surface area contributed by atoms with Gasteiger partial charge in [-0.2, -0.15) is 5.10 Å². The third-order valence-corrected chi connectivity index (χ3v) is 3.88. The molecule has 8 heteroatoms. The molecular formula is C18H25N5O3. The van der Waals surface area contributed by atoms with Crippen molar-refractivity contribution >= 4 is 17.6 Å². The Morgan fingerprint density at radius 3 is 2.69 bits per heavy atom. The van der Waals surface area contributed by atoms with E-state index in [1.165, 1.54) is 7.11 Å². The summed E-state index contributed by atoms with van der Waals surface area (Å²) in [4.78, 5) is 23.5. The molecule has 0 aliphatic heterocycles. The first-order valence-electron chi connectivity index (χ1n) is 8.35. The molecule has 0 aliphatic rings. The van der Waals surface area contributed by atoms with Crippen molar-refractivity contribution in [3.8, 4) is 0 Å². The lowest BCUT2D eigenvalue weighted by Crippen LogP contribution is -2.46. The number of amides is 3. The van der Waals surface area contributed by atoms with Crippen molar-refractivity contribution in [2.45, 2.75) is 32.9 Å². The van der Waals surface area contributed by atoms with E-state index in [0.717, 1.165) is 17.0 Å². The smallest absolute Gasteiger partial charge is 0.319 e. The van der Waals surface area contributed by atoms with Crippen molar-refractivity contribution in [1.82, 2.24) is 15.1 Å². The van der Waals surface area contributed by atoms with Crippen LogP contribution in [0.15, 0.2) is 30.3 Å². The molecule has 4 N–H and O–H groups in total. The Morgan fingerprint density at radius 1 is 1.31 bits per heavy atom. The number of rotatable bonds is 8. The largest absolute Gasteiger partial charge is 0.385 e. The second kappa shape index (κ2) is 9.00. The summed E-state index contributed by atoms with van der Waals surface area (Å²) >= 11 is 0. The van der Waals surface area contributed by atoms with E-state index in [1.807, 2.05) is 42.8 Å². The van der Waals surface area contributed by atoms with Gasteiger partial charge in [0.25, 0.3) is 0 Å². The van der Waals surface area contributed by atoms with Crippen molar-refractivity contribution in [3.63, 3.8) is 0 Å². The molecule has 1 aromatic heterocycles. The maximum Gasteiger partial charge on any atom is 0.319 e. The molecule has 0 unspecified atom stereocenters. The summed E-state index contributed by atoms with van der Waals surface area (Å²) in [7, 11) is 1.52. The number of urea groups is 1.